The number of benzene rings is 1. The Bertz CT molecular complexity index is 466. The molecule has 5 heteroatoms. The second kappa shape index (κ2) is 4.94. The molecule has 92 valence electrons. The Morgan fingerprint density at radius 2 is 2.12 bits per heavy atom. The second-order valence-corrected chi connectivity index (χ2v) is 4.33. The molecule has 2 aromatic rings. The van der Waals surface area contributed by atoms with Gasteiger partial charge >= 0.3 is 0 Å². The van der Waals surface area contributed by atoms with Crippen LogP contribution in [-0.2, 0) is 0 Å². The number of nitrogens with two attached hydrogens (primary N) is 1. The van der Waals surface area contributed by atoms with E-state index in [0.717, 1.165) is 23.9 Å². The summed E-state index contributed by atoms with van der Waals surface area (Å²) in [4.78, 5) is 4.38. The van der Waals surface area contributed by atoms with Crippen LogP contribution in [0.3, 0.4) is 0 Å². The first-order valence-corrected chi connectivity index (χ1v) is 5.70. The highest BCUT2D eigenvalue weighted by molar-refractivity contribution is 5.85. The molecule has 0 unspecified atom stereocenters. The van der Waals surface area contributed by atoms with Gasteiger partial charge in [-0.25, -0.2) is 0 Å². The Morgan fingerprint density at radius 3 is 2.82 bits per heavy atom. The lowest BCUT2D eigenvalue weighted by atomic mass is 10.2. The van der Waals surface area contributed by atoms with E-state index in [2.05, 4.69) is 10.3 Å². The maximum Gasteiger partial charge on any atom is 0.295 e. The lowest BCUT2D eigenvalue weighted by Crippen LogP contribution is -2.35. The summed E-state index contributed by atoms with van der Waals surface area (Å²) in [6, 6.07) is 8.86. The molecule has 1 aromatic heterocycles. The number of hydrogen-bond donors (Lipinski definition) is 2. The largest absolute Gasteiger partial charge is 0.424 e. The summed E-state index contributed by atoms with van der Waals surface area (Å²) in [5.41, 5.74) is 7.69. The van der Waals surface area contributed by atoms with Gasteiger partial charge < -0.3 is 15.5 Å². The third-order valence-electron chi connectivity index (χ3n) is 3.17. The molecule has 1 aliphatic carbocycles. The zero-order valence-corrected chi connectivity index (χ0v) is 10.2. The molecule has 1 saturated carbocycles. The average molecular weight is 254 g/mol. The van der Waals surface area contributed by atoms with Crippen molar-refractivity contribution < 1.29 is 4.42 Å². The van der Waals surface area contributed by atoms with Gasteiger partial charge in [-0.15, -0.1) is 12.4 Å². The van der Waals surface area contributed by atoms with Gasteiger partial charge in [-0.2, -0.15) is 4.98 Å². The van der Waals surface area contributed by atoms with Gasteiger partial charge in [0.1, 0.15) is 5.52 Å². The van der Waals surface area contributed by atoms with Crippen molar-refractivity contribution in [2.75, 3.05) is 5.32 Å². The molecule has 3 rings (SSSR count). The fourth-order valence-corrected chi connectivity index (χ4v) is 2.26. The summed E-state index contributed by atoms with van der Waals surface area (Å²) in [6.45, 7) is 0. The van der Waals surface area contributed by atoms with Gasteiger partial charge in [0, 0.05) is 12.1 Å². The molecule has 0 spiro atoms. The molecule has 0 saturated heterocycles. The number of fused-ring (bicyclic) bond motifs is 1. The van der Waals surface area contributed by atoms with Gasteiger partial charge in [0.05, 0.1) is 0 Å². The third kappa shape index (κ3) is 2.37. The zero-order chi connectivity index (χ0) is 11.0. The summed E-state index contributed by atoms with van der Waals surface area (Å²) in [5, 5.41) is 3.28. The molecule has 3 N–H and O–H groups in total. The van der Waals surface area contributed by atoms with E-state index in [1.54, 1.807) is 0 Å². The minimum atomic E-state index is 0. The summed E-state index contributed by atoms with van der Waals surface area (Å²) >= 11 is 0. The van der Waals surface area contributed by atoms with Gasteiger partial charge in [-0.3, -0.25) is 0 Å². The van der Waals surface area contributed by atoms with Gasteiger partial charge in [0.2, 0.25) is 0 Å². The van der Waals surface area contributed by atoms with Crippen molar-refractivity contribution in [3.8, 4) is 0 Å². The van der Waals surface area contributed by atoms with Crippen LogP contribution in [0.4, 0.5) is 6.01 Å². The van der Waals surface area contributed by atoms with Crippen molar-refractivity contribution in [2.45, 2.75) is 31.3 Å². The van der Waals surface area contributed by atoms with Gasteiger partial charge in [-0.1, -0.05) is 12.1 Å². The maximum absolute atomic E-state index is 5.99. The minimum Gasteiger partial charge on any atom is -0.424 e. The molecule has 0 radical (unpaired) electrons. The highest BCUT2D eigenvalue weighted by Crippen LogP contribution is 2.23. The Hall–Kier alpha value is -1.26. The van der Waals surface area contributed by atoms with E-state index >= 15 is 0 Å². The van der Waals surface area contributed by atoms with Crippen molar-refractivity contribution in [3.05, 3.63) is 24.3 Å². The van der Waals surface area contributed by atoms with E-state index in [1.165, 1.54) is 6.42 Å². The van der Waals surface area contributed by atoms with Crippen molar-refractivity contribution in [2.24, 2.45) is 5.73 Å². The second-order valence-electron chi connectivity index (χ2n) is 4.33. The number of oxazole rings is 1. The van der Waals surface area contributed by atoms with Crippen LogP contribution in [0.25, 0.3) is 11.1 Å². The summed E-state index contributed by atoms with van der Waals surface area (Å²) in [7, 11) is 0. The molecular weight excluding hydrogens is 238 g/mol. The van der Waals surface area contributed by atoms with Gasteiger partial charge in [0.15, 0.2) is 5.58 Å². The molecule has 2 atom stereocenters. The van der Waals surface area contributed by atoms with E-state index in [9.17, 15) is 0 Å². The molecule has 0 aliphatic heterocycles. The molecular formula is C12H16ClN3O. The van der Waals surface area contributed by atoms with Crippen LogP contribution < -0.4 is 11.1 Å². The van der Waals surface area contributed by atoms with E-state index in [4.69, 9.17) is 10.2 Å². The molecule has 4 nitrogen and oxygen atoms in total. The topological polar surface area (TPSA) is 64.1 Å². The number of anilines is 1. The van der Waals surface area contributed by atoms with Crippen LogP contribution >= 0.6 is 12.4 Å². The van der Waals surface area contributed by atoms with Crippen LogP contribution in [0.15, 0.2) is 28.7 Å². The fourth-order valence-electron chi connectivity index (χ4n) is 2.26. The molecule has 1 heterocycles. The van der Waals surface area contributed by atoms with E-state index < -0.39 is 0 Å². The maximum atomic E-state index is 5.99. The Labute approximate surface area is 106 Å². The monoisotopic (exact) mass is 253 g/mol. The summed E-state index contributed by atoms with van der Waals surface area (Å²) in [6.07, 6.45) is 3.36. The number of nitrogens with one attached hydrogen (secondary N) is 1. The van der Waals surface area contributed by atoms with Gasteiger partial charge in [0.25, 0.3) is 6.01 Å². The normalized spacial score (nSPS) is 23.6. The lowest BCUT2D eigenvalue weighted by Gasteiger charge is -2.14. The highest BCUT2D eigenvalue weighted by Gasteiger charge is 2.24. The fraction of sp³-hybridized carbons (Fsp3) is 0.417. The zero-order valence-electron chi connectivity index (χ0n) is 9.43. The number of aromatic nitrogens is 1. The van der Waals surface area contributed by atoms with Gasteiger partial charge in [-0.05, 0) is 31.4 Å². The van der Waals surface area contributed by atoms with Crippen LogP contribution in [-0.4, -0.2) is 17.1 Å². The first-order valence-electron chi connectivity index (χ1n) is 5.70. The van der Waals surface area contributed by atoms with Crippen LogP contribution in [0.5, 0.6) is 0 Å². The Kier molecular flexibility index (Phi) is 3.54. The van der Waals surface area contributed by atoms with E-state index in [-0.39, 0.29) is 18.4 Å². The standard InChI is InChI=1S/C12H15N3O.ClH/c13-8-4-3-6-9(8)14-12-15-10-5-1-2-7-11(10)16-12;/h1-2,5,7-9H,3-4,6,13H2,(H,14,15);1H/t8-,9+;/m1./s1. The average Bonchev–Trinajstić information content (AvgIpc) is 2.85. The lowest BCUT2D eigenvalue weighted by molar-refractivity contribution is 0.570. The van der Waals surface area contributed by atoms with E-state index in [1.807, 2.05) is 24.3 Å². The predicted octanol–water partition coefficient (Wildman–Crippen LogP) is 2.54. The third-order valence-corrected chi connectivity index (χ3v) is 3.17. The molecule has 1 aliphatic rings. The van der Waals surface area contributed by atoms with Crippen molar-refractivity contribution in [3.63, 3.8) is 0 Å². The molecule has 1 aromatic carbocycles. The minimum absolute atomic E-state index is 0. The summed E-state index contributed by atoms with van der Waals surface area (Å²) < 4.78 is 5.60. The SMILES string of the molecule is Cl.N[C@@H]1CCC[C@@H]1Nc1nc2ccccc2o1. The number of halogens is 1. The molecule has 0 bridgehead atoms. The number of para-hydroxylation sites is 2. The van der Waals surface area contributed by atoms with Crippen molar-refractivity contribution in [1.29, 1.82) is 0 Å². The summed E-state index contributed by atoms with van der Waals surface area (Å²) in [5.74, 6) is 0. The molecule has 0 amide bonds. The van der Waals surface area contributed by atoms with Crippen LogP contribution in [0, 0.1) is 0 Å². The first kappa shape index (κ1) is 12.2. The number of nitrogens with zero attached hydrogens (tertiary/aromatic N) is 1. The Morgan fingerprint density at radius 1 is 1.29 bits per heavy atom. The highest BCUT2D eigenvalue weighted by atomic mass is 35.5. The Balaban J connectivity index is 0.00000108. The van der Waals surface area contributed by atoms with E-state index in [0.29, 0.717) is 12.1 Å². The predicted molar refractivity (Wildman–Crippen MR) is 70.5 cm³/mol. The van der Waals surface area contributed by atoms with Crippen LogP contribution in [0.1, 0.15) is 19.3 Å². The van der Waals surface area contributed by atoms with Crippen molar-refractivity contribution in [1.82, 2.24) is 4.98 Å². The van der Waals surface area contributed by atoms with Crippen LogP contribution in [0.2, 0.25) is 0 Å². The first-order chi connectivity index (χ1) is 7.83. The number of rotatable bonds is 2. The molecule has 17 heavy (non-hydrogen) atoms. The number of hydrogen-bond acceptors (Lipinski definition) is 4. The quantitative estimate of drug-likeness (QED) is 0.863. The smallest absolute Gasteiger partial charge is 0.295 e. The van der Waals surface area contributed by atoms with Crippen molar-refractivity contribution >= 4 is 29.5 Å². The molecule has 1 fully saturated rings.